The van der Waals surface area contributed by atoms with Crippen LogP contribution in [-0.2, 0) is 6.18 Å². The van der Waals surface area contributed by atoms with Crippen LogP contribution in [0.5, 0.6) is 0 Å². The Labute approximate surface area is 212 Å². The van der Waals surface area contributed by atoms with Crippen LogP contribution in [0.15, 0.2) is 66.7 Å². The van der Waals surface area contributed by atoms with Crippen molar-refractivity contribution in [3.8, 4) is 11.1 Å². The number of nitrogens with one attached hydrogen (secondary N) is 1. The van der Waals surface area contributed by atoms with E-state index in [0.717, 1.165) is 23.3 Å². The van der Waals surface area contributed by atoms with E-state index in [2.05, 4.69) is 34.6 Å². The molecule has 3 nitrogen and oxygen atoms in total. The largest absolute Gasteiger partial charge is 0.418 e. The number of carbonyl (C=O) groups is 1. The molecule has 0 aliphatic heterocycles. The summed E-state index contributed by atoms with van der Waals surface area (Å²) in [5.74, 6) is -1.14. The van der Waals surface area contributed by atoms with Crippen LogP contribution >= 0.6 is 0 Å². The molecule has 3 aromatic carbocycles. The molecule has 1 aliphatic rings. The lowest BCUT2D eigenvalue weighted by molar-refractivity contribution is -0.137. The van der Waals surface area contributed by atoms with Crippen LogP contribution in [0.1, 0.15) is 65.2 Å². The van der Waals surface area contributed by atoms with E-state index >= 15 is 0 Å². The Hall–Kier alpha value is -3.74. The second kappa shape index (κ2) is 9.96. The fourth-order valence-electron chi connectivity index (χ4n) is 5.16. The van der Waals surface area contributed by atoms with E-state index in [0.29, 0.717) is 28.6 Å². The van der Waals surface area contributed by atoms with Crippen LogP contribution in [0, 0.1) is 12.7 Å². The maximum atomic E-state index is 13.5. The minimum absolute atomic E-state index is 0.194. The van der Waals surface area contributed by atoms with Crippen LogP contribution in [0.25, 0.3) is 22.0 Å². The van der Waals surface area contributed by atoms with Crippen molar-refractivity contribution >= 4 is 22.5 Å². The molecule has 0 saturated heterocycles. The Bertz CT molecular complexity index is 1460. The molecule has 0 spiro atoms. The number of aromatic nitrogens is 1. The molecule has 37 heavy (non-hydrogen) atoms. The highest BCUT2D eigenvalue weighted by molar-refractivity contribution is 6.13. The molecule has 1 fully saturated rings. The summed E-state index contributed by atoms with van der Waals surface area (Å²) in [6.45, 7) is 1.72. The topological polar surface area (TPSA) is 42.0 Å². The molecule has 0 unspecified atom stereocenters. The van der Waals surface area contributed by atoms with Crippen LogP contribution < -0.4 is 5.32 Å². The van der Waals surface area contributed by atoms with Crippen LogP contribution in [-0.4, -0.2) is 10.9 Å². The maximum Gasteiger partial charge on any atom is 0.418 e. The Balaban J connectivity index is 1.45. The van der Waals surface area contributed by atoms with E-state index in [1.54, 1.807) is 13.0 Å². The minimum atomic E-state index is -4.82. The fraction of sp³-hybridized carbons (Fsp3) is 0.267. The van der Waals surface area contributed by atoms with E-state index in [1.807, 2.05) is 12.1 Å². The Kier molecular flexibility index (Phi) is 6.71. The van der Waals surface area contributed by atoms with Gasteiger partial charge < -0.3 is 5.32 Å². The molecule has 5 rings (SSSR count). The van der Waals surface area contributed by atoms with Gasteiger partial charge in [-0.05, 0) is 72.7 Å². The van der Waals surface area contributed by atoms with Crippen molar-refractivity contribution in [3.05, 3.63) is 94.9 Å². The normalized spacial score (nSPS) is 14.6. The van der Waals surface area contributed by atoms with Gasteiger partial charge in [-0.2, -0.15) is 13.2 Å². The molecule has 1 N–H and O–H groups in total. The Morgan fingerprint density at radius 3 is 2.30 bits per heavy atom. The summed E-state index contributed by atoms with van der Waals surface area (Å²) in [6, 6.07) is 17.8. The van der Waals surface area contributed by atoms with Crippen molar-refractivity contribution in [3.63, 3.8) is 0 Å². The van der Waals surface area contributed by atoms with E-state index in [-0.39, 0.29) is 5.56 Å². The third-order valence-electron chi connectivity index (χ3n) is 7.04. The molecule has 190 valence electrons. The zero-order valence-electron chi connectivity index (χ0n) is 20.3. The molecular formula is C30H26F4N2O. The average Bonchev–Trinajstić information content (AvgIpc) is 2.89. The third-order valence-corrected chi connectivity index (χ3v) is 7.04. The maximum absolute atomic E-state index is 13.5. The van der Waals surface area contributed by atoms with E-state index in [9.17, 15) is 22.4 Å². The number of halogens is 4. The number of hydrogen-bond acceptors (Lipinski definition) is 2. The monoisotopic (exact) mass is 506 g/mol. The van der Waals surface area contributed by atoms with Gasteiger partial charge in [0, 0.05) is 11.1 Å². The van der Waals surface area contributed by atoms with Crippen LogP contribution in [0.3, 0.4) is 0 Å². The molecule has 1 heterocycles. The summed E-state index contributed by atoms with van der Waals surface area (Å²) >= 11 is 0. The lowest BCUT2D eigenvalue weighted by atomic mass is 9.83. The van der Waals surface area contributed by atoms with E-state index in [1.165, 1.54) is 43.7 Å². The average molecular weight is 507 g/mol. The summed E-state index contributed by atoms with van der Waals surface area (Å²) in [4.78, 5) is 17.6. The number of pyridine rings is 1. The van der Waals surface area contributed by atoms with Crippen molar-refractivity contribution in [2.45, 2.75) is 51.1 Å². The number of anilines is 1. The van der Waals surface area contributed by atoms with E-state index < -0.39 is 29.2 Å². The van der Waals surface area contributed by atoms with Crippen molar-refractivity contribution < 1.29 is 22.4 Å². The van der Waals surface area contributed by atoms with Crippen molar-refractivity contribution in [2.75, 3.05) is 5.32 Å². The molecule has 0 bridgehead atoms. The predicted octanol–water partition coefficient (Wildman–Crippen LogP) is 8.67. The first-order valence-electron chi connectivity index (χ1n) is 12.4. The fourth-order valence-corrected chi connectivity index (χ4v) is 5.16. The number of alkyl halides is 3. The number of benzene rings is 3. The second-order valence-corrected chi connectivity index (χ2v) is 9.64. The Morgan fingerprint density at radius 2 is 1.59 bits per heavy atom. The van der Waals surface area contributed by atoms with Crippen molar-refractivity contribution in [1.82, 2.24) is 4.98 Å². The number of carbonyl (C=O) groups excluding carboxylic acids is 1. The second-order valence-electron chi connectivity index (χ2n) is 9.64. The van der Waals surface area contributed by atoms with Gasteiger partial charge in [0.15, 0.2) is 0 Å². The molecule has 0 radical (unpaired) electrons. The minimum Gasteiger partial charge on any atom is -0.321 e. The van der Waals surface area contributed by atoms with Crippen molar-refractivity contribution in [2.24, 2.45) is 0 Å². The SMILES string of the molecule is Cc1cc(C(=O)Nc2ccc(F)cc2C(F)(F)F)c2ccc(-c3ccc(C4CCCCC4)cc3)cc2n1. The molecule has 1 saturated carbocycles. The van der Waals surface area contributed by atoms with Crippen molar-refractivity contribution in [1.29, 1.82) is 0 Å². The van der Waals surface area contributed by atoms with E-state index in [4.69, 9.17) is 0 Å². The summed E-state index contributed by atoms with van der Waals surface area (Å²) in [6.07, 6.45) is 1.50. The molecule has 7 heteroatoms. The van der Waals surface area contributed by atoms with Gasteiger partial charge in [-0.3, -0.25) is 9.78 Å². The van der Waals surface area contributed by atoms with Gasteiger partial charge in [0.25, 0.3) is 5.91 Å². The highest BCUT2D eigenvalue weighted by atomic mass is 19.4. The standard InChI is InChI=1S/C30H26F4N2O/c1-18-15-25(29(37)36-27-14-12-23(31)17-26(27)30(32,33)34)24-13-11-22(16-28(24)35-18)21-9-7-20(8-10-21)19-5-3-2-4-6-19/h7-17,19H,2-6H2,1H3,(H,36,37). The van der Waals surface area contributed by atoms with Gasteiger partial charge in [0.1, 0.15) is 5.82 Å². The highest BCUT2D eigenvalue weighted by Gasteiger charge is 2.34. The first-order chi connectivity index (χ1) is 17.7. The summed E-state index contributed by atoms with van der Waals surface area (Å²) in [7, 11) is 0. The van der Waals surface area contributed by atoms with Gasteiger partial charge in [-0.15, -0.1) is 0 Å². The smallest absolute Gasteiger partial charge is 0.321 e. The van der Waals surface area contributed by atoms with Crippen LogP contribution in [0.2, 0.25) is 0 Å². The molecule has 1 aromatic heterocycles. The number of hydrogen-bond donors (Lipinski definition) is 1. The predicted molar refractivity (Wildman–Crippen MR) is 137 cm³/mol. The molecule has 4 aromatic rings. The zero-order chi connectivity index (χ0) is 26.2. The molecular weight excluding hydrogens is 480 g/mol. The Morgan fingerprint density at radius 1 is 0.892 bits per heavy atom. The summed E-state index contributed by atoms with van der Waals surface area (Å²) in [5.41, 5.74) is 2.88. The lowest BCUT2D eigenvalue weighted by Crippen LogP contribution is -2.17. The number of amides is 1. The number of aryl methyl sites for hydroxylation is 1. The molecule has 1 amide bonds. The van der Waals surface area contributed by atoms with Gasteiger partial charge in [0.05, 0.1) is 22.3 Å². The van der Waals surface area contributed by atoms with Gasteiger partial charge >= 0.3 is 6.18 Å². The van der Waals surface area contributed by atoms with Gasteiger partial charge in [0.2, 0.25) is 0 Å². The van der Waals surface area contributed by atoms with Crippen LogP contribution in [0.4, 0.5) is 23.2 Å². The number of rotatable bonds is 4. The lowest BCUT2D eigenvalue weighted by Gasteiger charge is -2.22. The number of fused-ring (bicyclic) bond motifs is 1. The summed E-state index contributed by atoms with van der Waals surface area (Å²) < 4.78 is 53.7. The third kappa shape index (κ3) is 5.36. The molecule has 1 aliphatic carbocycles. The highest BCUT2D eigenvalue weighted by Crippen LogP contribution is 2.36. The van der Waals surface area contributed by atoms with Gasteiger partial charge in [-0.1, -0.05) is 55.7 Å². The zero-order valence-corrected chi connectivity index (χ0v) is 20.3. The first-order valence-corrected chi connectivity index (χ1v) is 12.4. The number of nitrogens with zero attached hydrogens (tertiary/aromatic N) is 1. The van der Waals surface area contributed by atoms with Gasteiger partial charge in [-0.25, -0.2) is 4.39 Å². The molecule has 0 atom stereocenters. The summed E-state index contributed by atoms with van der Waals surface area (Å²) in [5, 5.41) is 2.83. The first kappa shape index (κ1) is 24.9. The quantitative estimate of drug-likeness (QED) is 0.281.